The fourth-order valence-corrected chi connectivity index (χ4v) is 0.564. The molecule has 4 heteroatoms. The van der Waals surface area contributed by atoms with Crippen LogP contribution in [0.15, 0.2) is 22.2 Å². The largest absolute Gasteiger partial charge is 0.363 e. The summed E-state index contributed by atoms with van der Waals surface area (Å²) >= 11 is 0. The van der Waals surface area contributed by atoms with Gasteiger partial charge in [-0.05, 0) is 13.0 Å². The van der Waals surface area contributed by atoms with Crippen molar-refractivity contribution in [3.63, 3.8) is 0 Å². The van der Waals surface area contributed by atoms with Gasteiger partial charge in [-0.1, -0.05) is 6.08 Å². The van der Waals surface area contributed by atoms with Crippen LogP contribution in [0.2, 0.25) is 0 Å². The van der Waals surface area contributed by atoms with Gasteiger partial charge in [0.1, 0.15) is 13.4 Å². The molecule has 68 valence electrons. The van der Waals surface area contributed by atoms with Gasteiger partial charge in [-0.2, -0.15) is 5.10 Å². The van der Waals surface area contributed by atoms with Gasteiger partial charge in [0.2, 0.25) is 0 Å². The Kier molecular flexibility index (Phi) is 7.17. The number of methoxy groups -OCH3 is 1. The van der Waals surface area contributed by atoms with Crippen molar-refractivity contribution in [2.45, 2.75) is 6.92 Å². The lowest BCUT2D eigenvalue weighted by atomic mass is 10.6. The number of ether oxygens (including phenoxy) is 1. The maximum absolute atomic E-state index is 4.85. The van der Waals surface area contributed by atoms with Crippen LogP contribution in [0.3, 0.4) is 0 Å². The molecular weight excluding hydrogens is 154 g/mol. The molecule has 0 aliphatic rings. The molecule has 0 atom stereocenters. The molecule has 0 heterocycles. The third-order valence-electron chi connectivity index (χ3n) is 1.11. The third-order valence-corrected chi connectivity index (χ3v) is 1.11. The molecule has 0 saturated heterocycles. The van der Waals surface area contributed by atoms with E-state index >= 15 is 0 Å². The second-order valence-electron chi connectivity index (χ2n) is 2.06. The van der Waals surface area contributed by atoms with Gasteiger partial charge in [0, 0.05) is 20.0 Å². The molecule has 0 N–H and O–H groups in total. The topological polar surface area (TPSA) is 37.2 Å². The maximum Gasteiger partial charge on any atom is 0.136 e. The minimum atomic E-state index is 0.413. The highest BCUT2D eigenvalue weighted by atomic mass is 16.5. The van der Waals surface area contributed by atoms with Crippen molar-refractivity contribution in [3.8, 4) is 0 Å². The van der Waals surface area contributed by atoms with Crippen molar-refractivity contribution in [2.24, 2.45) is 10.1 Å². The molecule has 0 amide bonds. The van der Waals surface area contributed by atoms with Crippen molar-refractivity contribution >= 4 is 12.9 Å². The zero-order chi connectivity index (χ0) is 9.23. The monoisotopic (exact) mass is 169 g/mol. The van der Waals surface area contributed by atoms with Gasteiger partial charge in [-0.15, -0.1) is 0 Å². The molecule has 0 spiro atoms. The second-order valence-corrected chi connectivity index (χ2v) is 2.06. The van der Waals surface area contributed by atoms with E-state index in [9.17, 15) is 0 Å². The SMILES string of the molecule is C=NN(CN=C/C=C\C)COC. The van der Waals surface area contributed by atoms with E-state index < -0.39 is 0 Å². The van der Waals surface area contributed by atoms with Crippen molar-refractivity contribution in [3.05, 3.63) is 12.2 Å². The van der Waals surface area contributed by atoms with Crippen molar-refractivity contribution in [1.82, 2.24) is 5.01 Å². The Morgan fingerprint density at radius 3 is 2.83 bits per heavy atom. The van der Waals surface area contributed by atoms with E-state index in [-0.39, 0.29) is 0 Å². The molecule has 0 bridgehead atoms. The fourth-order valence-electron chi connectivity index (χ4n) is 0.564. The first-order valence-electron chi connectivity index (χ1n) is 3.66. The average Bonchev–Trinajstić information content (AvgIpc) is 2.10. The highest BCUT2D eigenvalue weighted by Crippen LogP contribution is 1.87. The Bertz CT molecular complexity index is 166. The average molecular weight is 169 g/mol. The minimum absolute atomic E-state index is 0.413. The molecule has 0 aliphatic heterocycles. The van der Waals surface area contributed by atoms with E-state index in [1.807, 2.05) is 19.1 Å². The first-order chi connectivity index (χ1) is 5.85. The molecule has 0 aromatic rings. The summed E-state index contributed by atoms with van der Waals surface area (Å²) in [6.45, 7) is 6.21. The molecule has 0 saturated carbocycles. The summed E-state index contributed by atoms with van der Waals surface area (Å²) in [6.07, 6.45) is 5.48. The van der Waals surface area contributed by atoms with Gasteiger partial charge in [0.05, 0.1) is 0 Å². The molecule has 0 radical (unpaired) electrons. The van der Waals surface area contributed by atoms with Crippen LogP contribution in [-0.2, 0) is 4.74 Å². The molecule has 4 nitrogen and oxygen atoms in total. The number of nitrogens with zero attached hydrogens (tertiary/aromatic N) is 3. The van der Waals surface area contributed by atoms with Crippen LogP contribution in [0.25, 0.3) is 0 Å². The highest BCUT2D eigenvalue weighted by Gasteiger charge is 1.93. The molecular formula is C8H15N3O. The number of hydrogen-bond acceptors (Lipinski definition) is 4. The fraction of sp³-hybridized carbons (Fsp3) is 0.500. The van der Waals surface area contributed by atoms with Gasteiger partial charge in [0.15, 0.2) is 0 Å². The Hall–Kier alpha value is -1.16. The van der Waals surface area contributed by atoms with E-state index in [0.29, 0.717) is 13.4 Å². The zero-order valence-electron chi connectivity index (χ0n) is 7.60. The Morgan fingerprint density at radius 1 is 1.58 bits per heavy atom. The molecule has 12 heavy (non-hydrogen) atoms. The summed E-state index contributed by atoms with van der Waals surface area (Å²) in [5.74, 6) is 0. The lowest BCUT2D eigenvalue weighted by Crippen LogP contribution is -2.19. The summed E-state index contributed by atoms with van der Waals surface area (Å²) in [5.41, 5.74) is 0. The Morgan fingerprint density at radius 2 is 2.33 bits per heavy atom. The normalized spacial score (nSPS) is 11.2. The molecule has 0 aliphatic carbocycles. The summed E-state index contributed by atoms with van der Waals surface area (Å²) in [7, 11) is 1.60. The first-order valence-corrected chi connectivity index (χ1v) is 3.66. The van der Waals surface area contributed by atoms with Crippen LogP contribution in [0, 0.1) is 0 Å². The van der Waals surface area contributed by atoms with Gasteiger partial charge in [-0.25, -0.2) is 0 Å². The van der Waals surface area contributed by atoms with Crippen LogP contribution in [0.1, 0.15) is 6.92 Å². The van der Waals surface area contributed by atoms with E-state index in [1.165, 1.54) is 0 Å². The van der Waals surface area contributed by atoms with Gasteiger partial charge in [0.25, 0.3) is 0 Å². The van der Waals surface area contributed by atoms with Crippen LogP contribution in [-0.4, -0.2) is 38.5 Å². The second kappa shape index (κ2) is 7.94. The zero-order valence-corrected chi connectivity index (χ0v) is 7.60. The van der Waals surface area contributed by atoms with Crippen LogP contribution in [0.4, 0.5) is 0 Å². The molecule has 0 aromatic carbocycles. The molecule has 0 aromatic heterocycles. The van der Waals surface area contributed by atoms with E-state index in [2.05, 4.69) is 16.8 Å². The summed E-state index contributed by atoms with van der Waals surface area (Å²) in [6, 6.07) is 0. The van der Waals surface area contributed by atoms with E-state index in [4.69, 9.17) is 4.74 Å². The van der Waals surface area contributed by atoms with Crippen molar-refractivity contribution in [2.75, 3.05) is 20.5 Å². The van der Waals surface area contributed by atoms with Gasteiger partial charge in [-0.3, -0.25) is 10.0 Å². The van der Waals surface area contributed by atoms with E-state index in [1.54, 1.807) is 18.3 Å². The molecule has 0 rings (SSSR count). The number of hydrazone groups is 1. The number of aliphatic imine (C=N–C) groups is 1. The van der Waals surface area contributed by atoms with E-state index in [0.717, 1.165) is 0 Å². The van der Waals surface area contributed by atoms with Gasteiger partial charge < -0.3 is 4.74 Å². The quantitative estimate of drug-likeness (QED) is 0.339. The predicted octanol–water partition coefficient (Wildman–Crippen LogP) is 1.11. The summed E-state index contributed by atoms with van der Waals surface area (Å²) in [4.78, 5) is 4.05. The minimum Gasteiger partial charge on any atom is -0.363 e. The van der Waals surface area contributed by atoms with Crippen molar-refractivity contribution in [1.29, 1.82) is 0 Å². The Labute approximate surface area is 73.2 Å². The lowest BCUT2D eigenvalue weighted by Gasteiger charge is -2.13. The first kappa shape index (κ1) is 10.8. The highest BCUT2D eigenvalue weighted by molar-refractivity contribution is 5.70. The van der Waals surface area contributed by atoms with Crippen LogP contribution >= 0.6 is 0 Å². The predicted molar refractivity (Wildman–Crippen MR) is 51.4 cm³/mol. The van der Waals surface area contributed by atoms with Crippen LogP contribution in [0.5, 0.6) is 0 Å². The number of hydrogen-bond donors (Lipinski definition) is 0. The number of allylic oxidation sites excluding steroid dienone is 2. The lowest BCUT2D eigenvalue weighted by molar-refractivity contribution is 0.0687. The standard InChI is InChI=1S/C8H15N3O/c1-4-5-6-10-7-11(9-2)8-12-3/h4-6H,2,7-8H2,1,3H3/b5-4-,10-6?. The Balaban J connectivity index is 3.63. The molecule has 0 fully saturated rings. The molecule has 0 unspecified atom stereocenters. The summed E-state index contributed by atoms with van der Waals surface area (Å²) in [5, 5.41) is 5.31. The third kappa shape index (κ3) is 5.61. The smallest absolute Gasteiger partial charge is 0.136 e. The van der Waals surface area contributed by atoms with Crippen LogP contribution < -0.4 is 0 Å². The van der Waals surface area contributed by atoms with Gasteiger partial charge >= 0.3 is 0 Å². The maximum atomic E-state index is 4.85. The number of rotatable bonds is 6. The van der Waals surface area contributed by atoms with Crippen molar-refractivity contribution < 1.29 is 4.74 Å². The summed E-state index contributed by atoms with van der Waals surface area (Å²) < 4.78 is 4.85.